The molecule has 0 saturated heterocycles. The van der Waals surface area contributed by atoms with Crippen LogP contribution in [0.2, 0.25) is 0 Å². The molecule has 4 aliphatic carbocycles. The number of carboxylic acid groups (broad SMARTS) is 1. The van der Waals surface area contributed by atoms with Gasteiger partial charge in [0.05, 0.1) is 5.92 Å². The molecular weight excluding hydrogens is 328 g/mol. The topological polar surface area (TPSA) is 71.4 Å². The highest BCUT2D eigenvalue weighted by atomic mass is 16.4. The highest BCUT2D eigenvalue weighted by Gasteiger charge is 2.63. The normalized spacial score (nSPS) is 45.4. The molecule has 0 heterocycles. The van der Waals surface area contributed by atoms with Crippen LogP contribution in [0.1, 0.15) is 52.9 Å². The molecule has 0 aliphatic heterocycles. The number of allylic oxidation sites excluding steroid dienone is 4. The monoisotopic (exact) mass is 356 g/mol. The van der Waals surface area contributed by atoms with Gasteiger partial charge in [-0.3, -0.25) is 14.4 Å². The van der Waals surface area contributed by atoms with Crippen molar-refractivity contribution in [1.82, 2.24) is 0 Å². The van der Waals surface area contributed by atoms with Crippen molar-refractivity contribution in [2.45, 2.75) is 52.9 Å². The Labute approximate surface area is 154 Å². The maximum absolute atomic E-state index is 13.4. The Balaban J connectivity index is 1.75. The molecule has 0 aromatic rings. The molecule has 0 amide bonds. The zero-order valence-corrected chi connectivity index (χ0v) is 15.8. The van der Waals surface area contributed by atoms with Crippen LogP contribution in [0, 0.1) is 40.4 Å². The van der Waals surface area contributed by atoms with Crippen molar-refractivity contribution in [3.8, 4) is 0 Å². The number of hydrogen-bond donors (Lipinski definition) is 1. The standard InChI is InChI=1S/C22H28O4/c1-12(20(25)26)16-6-7-17-15-5-4-13-10-14(23)8-9-21(13,2)18(15)11-19(24)22(16,17)3/h4-5,10,12,15-18H,6-9,11H2,1-3H3,(H,25,26). The van der Waals surface area contributed by atoms with Gasteiger partial charge in [0.25, 0.3) is 0 Å². The van der Waals surface area contributed by atoms with E-state index in [1.54, 1.807) is 13.0 Å². The Morgan fingerprint density at radius 3 is 2.65 bits per heavy atom. The van der Waals surface area contributed by atoms with Crippen LogP contribution in [0.25, 0.3) is 0 Å². The van der Waals surface area contributed by atoms with E-state index in [9.17, 15) is 19.5 Å². The lowest BCUT2D eigenvalue weighted by Gasteiger charge is -2.55. The third-order valence-electron chi connectivity index (χ3n) is 8.44. The number of rotatable bonds is 2. The van der Waals surface area contributed by atoms with Gasteiger partial charge in [-0.15, -0.1) is 0 Å². The van der Waals surface area contributed by atoms with Crippen LogP contribution in [-0.2, 0) is 14.4 Å². The van der Waals surface area contributed by atoms with Gasteiger partial charge >= 0.3 is 5.97 Å². The third kappa shape index (κ3) is 2.17. The van der Waals surface area contributed by atoms with Crippen LogP contribution < -0.4 is 0 Å². The molecule has 1 N–H and O–H groups in total. The van der Waals surface area contributed by atoms with Crippen molar-refractivity contribution >= 4 is 17.5 Å². The number of carbonyl (C=O) groups excluding carboxylic acids is 2. The minimum Gasteiger partial charge on any atom is -0.481 e. The van der Waals surface area contributed by atoms with Crippen LogP contribution in [0.3, 0.4) is 0 Å². The van der Waals surface area contributed by atoms with Crippen LogP contribution in [-0.4, -0.2) is 22.6 Å². The molecule has 4 rings (SSSR count). The van der Waals surface area contributed by atoms with Gasteiger partial charge in [0.2, 0.25) is 0 Å². The SMILES string of the molecule is CC(C(=O)O)C1CCC2C3C=CC4=CC(=O)CCC4(C)C3CC(=O)C12C. The van der Waals surface area contributed by atoms with Gasteiger partial charge in [0.15, 0.2) is 5.78 Å². The predicted octanol–water partition coefficient (Wildman–Crippen LogP) is 3.81. The summed E-state index contributed by atoms with van der Waals surface area (Å²) in [5, 5.41) is 9.52. The Hall–Kier alpha value is -1.71. The Bertz CT molecular complexity index is 747. The number of aliphatic carboxylic acids is 1. The fourth-order valence-electron chi connectivity index (χ4n) is 6.73. The molecule has 0 aromatic heterocycles. The van der Waals surface area contributed by atoms with Crippen molar-refractivity contribution in [2.75, 3.05) is 0 Å². The number of carboxylic acids is 1. The number of carbonyl (C=O) groups is 3. The van der Waals surface area contributed by atoms with Crippen molar-refractivity contribution in [3.63, 3.8) is 0 Å². The quantitative estimate of drug-likeness (QED) is 0.817. The summed E-state index contributed by atoms with van der Waals surface area (Å²) in [4.78, 5) is 36.8. The molecule has 26 heavy (non-hydrogen) atoms. The molecule has 4 nitrogen and oxygen atoms in total. The molecule has 0 aromatic carbocycles. The molecule has 0 bridgehead atoms. The minimum absolute atomic E-state index is 0.0791. The summed E-state index contributed by atoms with van der Waals surface area (Å²) >= 11 is 0. The Morgan fingerprint density at radius 2 is 1.96 bits per heavy atom. The van der Waals surface area contributed by atoms with Crippen molar-refractivity contribution in [2.24, 2.45) is 40.4 Å². The smallest absolute Gasteiger partial charge is 0.306 e. The third-order valence-corrected chi connectivity index (χ3v) is 8.44. The lowest BCUT2D eigenvalue weighted by molar-refractivity contribution is -0.151. The lowest BCUT2D eigenvalue weighted by Crippen LogP contribution is -2.54. The summed E-state index contributed by atoms with van der Waals surface area (Å²) in [6, 6.07) is 0. The lowest BCUT2D eigenvalue weighted by atomic mass is 9.48. The molecule has 0 spiro atoms. The van der Waals surface area contributed by atoms with Gasteiger partial charge in [-0.25, -0.2) is 0 Å². The molecule has 2 saturated carbocycles. The Morgan fingerprint density at radius 1 is 1.23 bits per heavy atom. The summed E-state index contributed by atoms with van der Waals surface area (Å²) in [6.45, 7) is 6.00. The summed E-state index contributed by atoms with van der Waals surface area (Å²) in [5.41, 5.74) is 0.437. The number of Topliss-reactive ketones (excluding diaryl/α,β-unsaturated/α-hetero) is 1. The maximum atomic E-state index is 13.4. The molecule has 4 aliphatic rings. The molecule has 4 heteroatoms. The average molecular weight is 356 g/mol. The Kier molecular flexibility index (Phi) is 3.84. The van der Waals surface area contributed by atoms with Crippen LogP contribution in [0.15, 0.2) is 23.8 Å². The van der Waals surface area contributed by atoms with Gasteiger partial charge in [0.1, 0.15) is 5.78 Å². The first-order chi connectivity index (χ1) is 12.2. The van der Waals surface area contributed by atoms with Gasteiger partial charge < -0.3 is 5.11 Å². The van der Waals surface area contributed by atoms with E-state index in [1.165, 1.54) is 0 Å². The minimum atomic E-state index is -0.797. The van der Waals surface area contributed by atoms with E-state index >= 15 is 0 Å². The van der Waals surface area contributed by atoms with Crippen LogP contribution in [0.4, 0.5) is 0 Å². The van der Waals surface area contributed by atoms with E-state index in [-0.39, 0.29) is 34.7 Å². The van der Waals surface area contributed by atoms with Crippen molar-refractivity contribution in [3.05, 3.63) is 23.8 Å². The van der Waals surface area contributed by atoms with Crippen molar-refractivity contribution in [1.29, 1.82) is 0 Å². The first-order valence-electron chi connectivity index (χ1n) is 9.89. The fourth-order valence-corrected chi connectivity index (χ4v) is 6.73. The van der Waals surface area contributed by atoms with E-state index in [0.29, 0.717) is 18.8 Å². The summed E-state index contributed by atoms with van der Waals surface area (Å²) in [5.74, 6) is -0.186. The van der Waals surface area contributed by atoms with Crippen LogP contribution >= 0.6 is 0 Å². The zero-order chi connectivity index (χ0) is 18.9. The molecule has 140 valence electrons. The fraction of sp³-hybridized carbons (Fsp3) is 0.682. The van der Waals surface area contributed by atoms with Gasteiger partial charge in [-0.1, -0.05) is 32.9 Å². The van der Waals surface area contributed by atoms with Gasteiger partial charge in [-0.05, 0) is 60.0 Å². The van der Waals surface area contributed by atoms with Crippen LogP contribution in [0.5, 0.6) is 0 Å². The van der Waals surface area contributed by atoms with Crippen molar-refractivity contribution < 1.29 is 19.5 Å². The second-order valence-corrected chi connectivity index (χ2v) is 9.35. The molecule has 7 unspecified atom stereocenters. The summed E-state index contributed by atoms with van der Waals surface area (Å²) in [7, 11) is 0. The molecule has 0 radical (unpaired) electrons. The summed E-state index contributed by atoms with van der Waals surface area (Å²) in [6.07, 6.45) is 9.73. The first kappa shape index (κ1) is 17.7. The van der Waals surface area contributed by atoms with E-state index in [2.05, 4.69) is 19.1 Å². The largest absolute Gasteiger partial charge is 0.481 e. The molecule has 2 fully saturated rings. The first-order valence-corrected chi connectivity index (χ1v) is 9.89. The number of ketones is 2. The van der Waals surface area contributed by atoms with Gasteiger partial charge in [-0.2, -0.15) is 0 Å². The average Bonchev–Trinajstić information content (AvgIpc) is 2.94. The van der Waals surface area contributed by atoms with Gasteiger partial charge in [0, 0.05) is 18.3 Å². The second kappa shape index (κ2) is 5.64. The van der Waals surface area contributed by atoms with E-state index in [4.69, 9.17) is 0 Å². The summed E-state index contributed by atoms with van der Waals surface area (Å²) < 4.78 is 0. The highest BCUT2D eigenvalue weighted by Crippen LogP contribution is 2.64. The zero-order valence-electron chi connectivity index (χ0n) is 15.8. The van der Waals surface area contributed by atoms with E-state index in [0.717, 1.165) is 24.8 Å². The highest BCUT2D eigenvalue weighted by molar-refractivity contribution is 5.93. The second-order valence-electron chi connectivity index (χ2n) is 9.35. The predicted molar refractivity (Wildman–Crippen MR) is 97.3 cm³/mol. The number of hydrogen-bond acceptors (Lipinski definition) is 3. The maximum Gasteiger partial charge on any atom is 0.306 e. The van der Waals surface area contributed by atoms with E-state index < -0.39 is 17.3 Å². The number of fused-ring (bicyclic) bond motifs is 5. The molecule has 7 atom stereocenters. The molecular formula is C22H28O4. The van der Waals surface area contributed by atoms with E-state index in [1.807, 2.05) is 6.92 Å².